The first-order chi connectivity index (χ1) is 15.5. The Hall–Kier alpha value is -3.32. The first kappa shape index (κ1) is 21.9. The molecule has 0 unspecified atom stereocenters. The van der Waals surface area contributed by atoms with E-state index in [9.17, 15) is 14.9 Å². The van der Waals surface area contributed by atoms with Crippen LogP contribution < -0.4 is 10.2 Å². The lowest BCUT2D eigenvalue weighted by Crippen LogP contribution is -2.52. The van der Waals surface area contributed by atoms with Crippen molar-refractivity contribution in [2.45, 2.75) is 26.3 Å². The zero-order valence-electron chi connectivity index (χ0n) is 18.2. The number of piperazine rings is 1. The Morgan fingerprint density at radius 3 is 2.62 bits per heavy atom. The second-order valence-electron chi connectivity index (χ2n) is 8.21. The number of hydrogen-bond donors (Lipinski definition) is 1. The van der Waals surface area contributed by atoms with Crippen LogP contribution in [0, 0.1) is 24.2 Å². The molecule has 2 aromatic rings. The average molecular weight is 441 g/mol. The number of aromatic nitrogens is 1. The predicted octanol–water partition coefficient (Wildman–Crippen LogP) is 1.12. The third-order valence-corrected chi connectivity index (χ3v) is 6.08. The van der Waals surface area contributed by atoms with Gasteiger partial charge in [-0.25, -0.2) is 4.98 Å². The zero-order valence-corrected chi connectivity index (χ0v) is 18.2. The van der Waals surface area contributed by atoms with Gasteiger partial charge in [-0.3, -0.25) is 14.5 Å². The largest absolute Gasteiger partial charge is 0.467 e. The van der Waals surface area contributed by atoms with Gasteiger partial charge in [-0.05, 0) is 38.1 Å². The third-order valence-electron chi connectivity index (χ3n) is 6.08. The predicted molar refractivity (Wildman–Crippen MR) is 114 cm³/mol. The van der Waals surface area contributed by atoms with Crippen LogP contribution in [0.2, 0.25) is 0 Å². The quantitative estimate of drug-likeness (QED) is 0.710. The number of oxazole rings is 1. The summed E-state index contributed by atoms with van der Waals surface area (Å²) in [6.07, 6.45) is 3.08. The number of aryl methyl sites for hydroxylation is 1. The molecule has 0 atom stereocenters. The van der Waals surface area contributed by atoms with E-state index < -0.39 is 0 Å². The Morgan fingerprint density at radius 2 is 1.97 bits per heavy atom. The van der Waals surface area contributed by atoms with Crippen LogP contribution in [0.15, 0.2) is 27.2 Å². The van der Waals surface area contributed by atoms with Gasteiger partial charge < -0.3 is 24.0 Å². The lowest BCUT2D eigenvalue weighted by Gasteiger charge is -2.36. The van der Waals surface area contributed by atoms with Crippen molar-refractivity contribution in [1.29, 1.82) is 5.26 Å². The molecule has 0 saturated carbocycles. The van der Waals surface area contributed by atoms with E-state index in [-0.39, 0.29) is 17.7 Å². The highest BCUT2D eigenvalue weighted by Gasteiger charge is 2.29. The van der Waals surface area contributed by atoms with Gasteiger partial charge in [0.05, 0.1) is 19.4 Å². The van der Waals surface area contributed by atoms with Crippen molar-refractivity contribution >= 4 is 17.7 Å². The van der Waals surface area contributed by atoms with Crippen molar-refractivity contribution in [3.8, 4) is 6.07 Å². The monoisotopic (exact) mass is 440 g/mol. The Morgan fingerprint density at radius 1 is 1.22 bits per heavy atom. The highest BCUT2D eigenvalue weighted by Crippen LogP contribution is 2.23. The van der Waals surface area contributed by atoms with Crippen molar-refractivity contribution < 1.29 is 18.4 Å². The van der Waals surface area contributed by atoms with Gasteiger partial charge in [-0.15, -0.1) is 0 Å². The van der Waals surface area contributed by atoms with E-state index in [4.69, 9.17) is 8.83 Å². The lowest BCUT2D eigenvalue weighted by molar-refractivity contribution is -0.133. The molecule has 4 rings (SSSR count). The van der Waals surface area contributed by atoms with Gasteiger partial charge in [0, 0.05) is 39.0 Å². The van der Waals surface area contributed by atoms with Gasteiger partial charge in [0.1, 0.15) is 11.8 Å². The van der Waals surface area contributed by atoms with E-state index in [0.29, 0.717) is 56.7 Å². The first-order valence-electron chi connectivity index (χ1n) is 11.0. The van der Waals surface area contributed by atoms with Gasteiger partial charge in [0.25, 0.3) is 0 Å². The number of carbonyl (C=O) groups excluding carboxylic acids is 2. The fourth-order valence-electron chi connectivity index (χ4n) is 4.24. The van der Waals surface area contributed by atoms with Crippen LogP contribution in [0.5, 0.6) is 0 Å². The molecule has 0 bridgehead atoms. The number of anilines is 1. The number of furan rings is 1. The minimum Gasteiger partial charge on any atom is -0.467 e. The van der Waals surface area contributed by atoms with Crippen molar-refractivity contribution in [2.24, 2.45) is 5.92 Å². The summed E-state index contributed by atoms with van der Waals surface area (Å²) in [7, 11) is 0. The van der Waals surface area contributed by atoms with Crippen LogP contribution in [0.25, 0.3) is 0 Å². The van der Waals surface area contributed by atoms with E-state index in [1.165, 1.54) is 0 Å². The van der Waals surface area contributed by atoms with Crippen LogP contribution in [-0.2, 0) is 16.1 Å². The molecular formula is C22H28N6O4. The van der Waals surface area contributed by atoms with E-state index >= 15 is 0 Å². The molecule has 2 saturated heterocycles. The Labute approximate surface area is 186 Å². The Bertz CT molecular complexity index is 963. The summed E-state index contributed by atoms with van der Waals surface area (Å²) >= 11 is 0. The SMILES string of the molecule is Cc1nc(C#N)c(N2CCN(C(=O)CN3CCC(C(=O)NCc4ccco4)CC3)CC2)o1. The number of amides is 2. The Balaban J connectivity index is 1.18. The van der Waals surface area contributed by atoms with Crippen LogP contribution in [-0.4, -0.2) is 72.4 Å². The maximum atomic E-state index is 12.8. The fourth-order valence-corrected chi connectivity index (χ4v) is 4.24. The molecule has 0 radical (unpaired) electrons. The molecule has 2 aliphatic rings. The highest BCUT2D eigenvalue weighted by atomic mass is 16.4. The summed E-state index contributed by atoms with van der Waals surface area (Å²) in [5.74, 6) is 1.81. The molecule has 2 aromatic heterocycles. The number of piperidine rings is 1. The van der Waals surface area contributed by atoms with Crippen LogP contribution >= 0.6 is 0 Å². The summed E-state index contributed by atoms with van der Waals surface area (Å²) in [5.41, 5.74) is 0.290. The second-order valence-corrected chi connectivity index (χ2v) is 8.21. The molecule has 2 amide bonds. The number of nitrogens with zero attached hydrogens (tertiary/aromatic N) is 5. The first-order valence-corrected chi connectivity index (χ1v) is 11.0. The summed E-state index contributed by atoms with van der Waals surface area (Å²) in [5, 5.41) is 12.1. The molecule has 4 heterocycles. The number of nitriles is 1. The molecule has 0 aromatic carbocycles. The van der Waals surface area contributed by atoms with E-state index in [1.807, 2.05) is 15.9 Å². The van der Waals surface area contributed by atoms with Crippen LogP contribution in [0.1, 0.15) is 30.2 Å². The van der Waals surface area contributed by atoms with Crippen molar-refractivity contribution in [2.75, 3.05) is 50.7 Å². The van der Waals surface area contributed by atoms with Gasteiger partial charge in [0.15, 0.2) is 5.89 Å². The number of carbonyl (C=O) groups is 2. The fraction of sp³-hybridized carbons (Fsp3) is 0.545. The highest BCUT2D eigenvalue weighted by molar-refractivity contribution is 5.79. The zero-order chi connectivity index (χ0) is 22.5. The molecule has 10 heteroatoms. The summed E-state index contributed by atoms with van der Waals surface area (Å²) in [6.45, 7) is 6.31. The van der Waals surface area contributed by atoms with E-state index in [1.54, 1.807) is 19.3 Å². The van der Waals surface area contributed by atoms with Gasteiger partial charge in [-0.2, -0.15) is 5.26 Å². The smallest absolute Gasteiger partial charge is 0.236 e. The molecule has 2 aliphatic heterocycles. The minimum atomic E-state index is -0.0282. The normalized spacial score (nSPS) is 17.9. The third kappa shape index (κ3) is 5.11. The molecular weight excluding hydrogens is 412 g/mol. The molecule has 10 nitrogen and oxygen atoms in total. The minimum absolute atomic E-state index is 0.0282. The summed E-state index contributed by atoms with van der Waals surface area (Å²) in [4.78, 5) is 35.2. The number of likely N-dealkylation sites (tertiary alicyclic amines) is 1. The van der Waals surface area contributed by atoms with Crippen LogP contribution in [0.4, 0.5) is 5.88 Å². The standard InChI is InChI=1S/C22H28N6O4/c1-16-25-19(13-23)22(32-16)28-10-8-27(9-11-28)20(29)15-26-6-4-17(5-7-26)21(30)24-14-18-3-2-12-31-18/h2-3,12,17H,4-11,14-15H2,1H3,(H,24,30). The van der Waals surface area contributed by atoms with Crippen molar-refractivity contribution in [1.82, 2.24) is 20.1 Å². The van der Waals surface area contributed by atoms with Crippen molar-refractivity contribution in [3.63, 3.8) is 0 Å². The molecule has 170 valence electrons. The molecule has 1 N–H and O–H groups in total. The van der Waals surface area contributed by atoms with Crippen molar-refractivity contribution in [3.05, 3.63) is 35.7 Å². The average Bonchev–Trinajstić information content (AvgIpc) is 3.47. The summed E-state index contributed by atoms with van der Waals surface area (Å²) in [6, 6.07) is 5.70. The van der Waals surface area contributed by atoms with Gasteiger partial charge in [-0.1, -0.05) is 0 Å². The topological polar surface area (TPSA) is 119 Å². The maximum Gasteiger partial charge on any atom is 0.236 e. The second kappa shape index (κ2) is 9.87. The molecule has 0 spiro atoms. The lowest BCUT2D eigenvalue weighted by atomic mass is 9.96. The molecule has 32 heavy (non-hydrogen) atoms. The van der Waals surface area contributed by atoms with Gasteiger partial charge >= 0.3 is 0 Å². The number of hydrogen-bond acceptors (Lipinski definition) is 8. The van der Waals surface area contributed by atoms with Gasteiger partial charge in [0.2, 0.25) is 23.4 Å². The van der Waals surface area contributed by atoms with E-state index in [0.717, 1.165) is 31.7 Å². The molecule has 0 aliphatic carbocycles. The summed E-state index contributed by atoms with van der Waals surface area (Å²) < 4.78 is 10.8. The Kier molecular flexibility index (Phi) is 6.75. The number of nitrogens with one attached hydrogen (secondary N) is 1. The van der Waals surface area contributed by atoms with E-state index in [2.05, 4.69) is 21.3 Å². The maximum absolute atomic E-state index is 12.8. The van der Waals surface area contributed by atoms with Crippen LogP contribution in [0.3, 0.4) is 0 Å². The molecule has 2 fully saturated rings. The number of rotatable bonds is 6.